The van der Waals surface area contributed by atoms with Gasteiger partial charge in [-0.15, -0.1) is 0 Å². The van der Waals surface area contributed by atoms with Crippen molar-refractivity contribution in [3.05, 3.63) is 23.0 Å². The van der Waals surface area contributed by atoms with Crippen LogP contribution in [0, 0.1) is 5.82 Å². The van der Waals surface area contributed by atoms with Crippen molar-refractivity contribution in [3.8, 4) is 0 Å². The Morgan fingerprint density at radius 1 is 1.36 bits per heavy atom. The molecule has 1 aromatic carbocycles. The van der Waals surface area contributed by atoms with E-state index in [-0.39, 0.29) is 16.4 Å². The van der Waals surface area contributed by atoms with Crippen LogP contribution in [0.15, 0.2) is 12.1 Å². The summed E-state index contributed by atoms with van der Waals surface area (Å²) < 4.78 is 13.1. The van der Waals surface area contributed by atoms with E-state index in [9.17, 15) is 4.39 Å². The van der Waals surface area contributed by atoms with Gasteiger partial charge in [0, 0.05) is 18.2 Å². The molecule has 1 heterocycles. The molecule has 0 atom stereocenters. The van der Waals surface area contributed by atoms with Gasteiger partial charge in [-0.3, -0.25) is 0 Å². The highest BCUT2D eigenvalue weighted by atomic mass is 35.5. The maximum absolute atomic E-state index is 13.1. The Hall–Kier alpha value is -0.960. The summed E-state index contributed by atoms with van der Waals surface area (Å²) in [7, 11) is 0. The average molecular weight is 215 g/mol. The summed E-state index contributed by atoms with van der Waals surface area (Å²) in [5, 5.41) is 6.60. The van der Waals surface area contributed by atoms with Crippen LogP contribution in [0.1, 0.15) is 13.8 Å². The molecule has 0 unspecified atom stereocenters. The summed E-state index contributed by atoms with van der Waals surface area (Å²) in [4.78, 5) is 0. The van der Waals surface area contributed by atoms with Gasteiger partial charge in [0.2, 0.25) is 0 Å². The van der Waals surface area contributed by atoms with Gasteiger partial charge in [0.05, 0.1) is 16.4 Å². The first kappa shape index (κ1) is 9.59. The van der Waals surface area contributed by atoms with Crippen LogP contribution in [0.4, 0.5) is 15.8 Å². The molecule has 0 saturated carbocycles. The molecular weight excluding hydrogens is 203 g/mol. The second-order valence-corrected chi connectivity index (χ2v) is 4.58. The van der Waals surface area contributed by atoms with Crippen molar-refractivity contribution < 1.29 is 4.39 Å². The van der Waals surface area contributed by atoms with Crippen LogP contribution in [0.5, 0.6) is 0 Å². The summed E-state index contributed by atoms with van der Waals surface area (Å²) in [6, 6.07) is 3.03. The van der Waals surface area contributed by atoms with Crippen molar-refractivity contribution in [1.82, 2.24) is 0 Å². The van der Waals surface area contributed by atoms with E-state index in [4.69, 9.17) is 11.6 Å². The van der Waals surface area contributed by atoms with Gasteiger partial charge >= 0.3 is 0 Å². The molecule has 0 saturated heterocycles. The fraction of sp³-hybridized carbons (Fsp3) is 0.400. The largest absolute Gasteiger partial charge is 0.381 e. The Morgan fingerprint density at radius 2 is 2.07 bits per heavy atom. The van der Waals surface area contributed by atoms with E-state index in [1.165, 1.54) is 6.07 Å². The molecule has 4 heteroatoms. The van der Waals surface area contributed by atoms with Crippen molar-refractivity contribution in [2.75, 3.05) is 17.2 Å². The topological polar surface area (TPSA) is 24.1 Å². The third-order valence-corrected chi connectivity index (χ3v) is 2.54. The van der Waals surface area contributed by atoms with E-state index >= 15 is 0 Å². The van der Waals surface area contributed by atoms with Crippen molar-refractivity contribution >= 4 is 23.0 Å². The van der Waals surface area contributed by atoms with Gasteiger partial charge < -0.3 is 10.6 Å². The number of benzene rings is 1. The van der Waals surface area contributed by atoms with Crippen molar-refractivity contribution in [2.45, 2.75) is 19.4 Å². The maximum Gasteiger partial charge on any atom is 0.143 e. The van der Waals surface area contributed by atoms with Crippen LogP contribution in [0.2, 0.25) is 5.02 Å². The molecule has 2 rings (SSSR count). The van der Waals surface area contributed by atoms with Crippen molar-refractivity contribution in [2.24, 2.45) is 0 Å². The smallest absolute Gasteiger partial charge is 0.143 e. The molecule has 1 aromatic rings. The van der Waals surface area contributed by atoms with Crippen LogP contribution >= 0.6 is 11.6 Å². The summed E-state index contributed by atoms with van der Waals surface area (Å²) in [6.07, 6.45) is 0. The lowest BCUT2D eigenvalue weighted by atomic mass is 10.0. The lowest BCUT2D eigenvalue weighted by Crippen LogP contribution is -2.42. The molecule has 1 aliphatic heterocycles. The molecule has 0 fully saturated rings. The maximum atomic E-state index is 13.1. The van der Waals surface area contributed by atoms with Crippen molar-refractivity contribution in [3.63, 3.8) is 0 Å². The average Bonchev–Trinajstić information content (AvgIpc) is 2.07. The van der Waals surface area contributed by atoms with Gasteiger partial charge in [0.1, 0.15) is 5.82 Å². The fourth-order valence-corrected chi connectivity index (χ4v) is 1.69. The molecule has 76 valence electrons. The fourth-order valence-electron chi connectivity index (χ4n) is 1.52. The molecular formula is C10H12ClFN2. The molecule has 2 N–H and O–H groups in total. The predicted octanol–water partition coefficient (Wildman–Crippen LogP) is 3.10. The molecule has 0 aromatic heterocycles. The lowest BCUT2D eigenvalue weighted by molar-refractivity contribution is 0.585. The minimum absolute atomic E-state index is 0.0336. The Morgan fingerprint density at radius 3 is 2.79 bits per heavy atom. The first-order chi connectivity index (χ1) is 6.48. The molecule has 0 radical (unpaired) electrons. The molecule has 14 heavy (non-hydrogen) atoms. The molecule has 0 spiro atoms. The van der Waals surface area contributed by atoms with Gasteiger partial charge in [0.25, 0.3) is 0 Å². The van der Waals surface area contributed by atoms with Gasteiger partial charge in [-0.2, -0.15) is 0 Å². The summed E-state index contributed by atoms with van der Waals surface area (Å²) in [5.41, 5.74) is 1.59. The van der Waals surface area contributed by atoms with E-state index in [0.29, 0.717) is 0 Å². The quantitative estimate of drug-likeness (QED) is 0.694. The van der Waals surface area contributed by atoms with Gasteiger partial charge in [0.15, 0.2) is 0 Å². The Bertz CT molecular complexity index is 377. The highest BCUT2D eigenvalue weighted by molar-refractivity contribution is 6.31. The Balaban J connectivity index is 2.43. The standard InChI is InChI=1S/C10H12ClFN2/c1-10(2)5-13-8-4-7(12)6(11)3-9(8)14-10/h3-4,13-14H,5H2,1-2H3. The number of rotatable bonds is 0. The van der Waals surface area contributed by atoms with Crippen LogP contribution in [0.3, 0.4) is 0 Å². The van der Waals surface area contributed by atoms with Gasteiger partial charge in [-0.25, -0.2) is 4.39 Å². The second-order valence-electron chi connectivity index (χ2n) is 4.17. The second kappa shape index (κ2) is 3.02. The molecule has 0 amide bonds. The first-order valence-electron chi connectivity index (χ1n) is 4.49. The summed E-state index contributed by atoms with van der Waals surface area (Å²) in [6.45, 7) is 4.90. The third kappa shape index (κ3) is 1.64. The van der Waals surface area contributed by atoms with E-state index in [1.54, 1.807) is 6.07 Å². The highest BCUT2D eigenvalue weighted by Crippen LogP contribution is 2.33. The monoisotopic (exact) mass is 214 g/mol. The number of hydrogen-bond acceptors (Lipinski definition) is 2. The van der Waals surface area contributed by atoms with E-state index < -0.39 is 0 Å². The first-order valence-corrected chi connectivity index (χ1v) is 4.87. The number of halogens is 2. The third-order valence-electron chi connectivity index (χ3n) is 2.25. The molecule has 0 aliphatic carbocycles. The Labute approximate surface area is 87.5 Å². The zero-order chi connectivity index (χ0) is 10.3. The van der Waals surface area contributed by atoms with Crippen LogP contribution in [0.25, 0.3) is 0 Å². The lowest BCUT2D eigenvalue weighted by Gasteiger charge is -2.34. The van der Waals surface area contributed by atoms with Gasteiger partial charge in [-0.05, 0) is 19.9 Å². The zero-order valence-electron chi connectivity index (χ0n) is 8.12. The highest BCUT2D eigenvalue weighted by Gasteiger charge is 2.24. The SMILES string of the molecule is CC1(C)CNc2cc(F)c(Cl)cc2N1. The number of hydrogen-bond donors (Lipinski definition) is 2. The summed E-state index contributed by atoms with van der Waals surface area (Å²) in [5.74, 6) is -0.389. The minimum atomic E-state index is -0.389. The number of fused-ring (bicyclic) bond motifs is 1. The van der Waals surface area contributed by atoms with E-state index in [0.717, 1.165) is 17.9 Å². The Kier molecular flexibility index (Phi) is 2.07. The predicted molar refractivity (Wildman–Crippen MR) is 57.6 cm³/mol. The van der Waals surface area contributed by atoms with E-state index in [2.05, 4.69) is 24.5 Å². The number of anilines is 2. The van der Waals surface area contributed by atoms with Gasteiger partial charge in [-0.1, -0.05) is 11.6 Å². The summed E-state index contributed by atoms with van der Waals surface area (Å²) >= 11 is 5.70. The van der Waals surface area contributed by atoms with Crippen LogP contribution < -0.4 is 10.6 Å². The molecule has 1 aliphatic rings. The molecule has 0 bridgehead atoms. The minimum Gasteiger partial charge on any atom is -0.381 e. The van der Waals surface area contributed by atoms with Crippen molar-refractivity contribution in [1.29, 1.82) is 0 Å². The number of nitrogens with one attached hydrogen (secondary N) is 2. The normalized spacial score (nSPS) is 18.0. The van der Waals surface area contributed by atoms with Crippen LogP contribution in [-0.4, -0.2) is 12.1 Å². The van der Waals surface area contributed by atoms with E-state index in [1.807, 2.05) is 0 Å². The zero-order valence-corrected chi connectivity index (χ0v) is 8.87. The van der Waals surface area contributed by atoms with Crippen LogP contribution in [-0.2, 0) is 0 Å². The molecule has 2 nitrogen and oxygen atoms in total.